The second-order valence-electron chi connectivity index (χ2n) is 5.22. The average molecular weight is 335 g/mol. The summed E-state index contributed by atoms with van der Waals surface area (Å²) in [5.41, 5.74) is 1.08. The van der Waals surface area contributed by atoms with E-state index in [9.17, 15) is 14.0 Å². The molecule has 1 aromatic heterocycles. The van der Waals surface area contributed by atoms with E-state index in [-0.39, 0.29) is 22.7 Å². The Morgan fingerprint density at radius 3 is 2.08 bits per heavy atom. The first-order valence-corrected chi connectivity index (χ1v) is 7.51. The number of para-hydroxylation sites is 2. The van der Waals surface area contributed by atoms with E-state index in [0.29, 0.717) is 5.69 Å². The summed E-state index contributed by atoms with van der Waals surface area (Å²) in [6, 6.07) is 16.2. The first kappa shape index (κ1) is 16.3. The van der Waals surface area contributed by atoms with Gasteiger partial charge >= 0.3 is 0 Å². The quantitative estimate of drug-likeness (QED) is 0.763. The molecule has 25 heavy (non-hydrogen) atoms. The number of benzene rings is 2. The molecule has 0 radical (unpaired) electrons. The van der Waals surface area contributed by atoms with E-state index in [1.807, 2.05) is 6.07 Å². The Balaban J connectivity index is 1.76. The highest BCUT2D eigenvalue weighted by Gasteiger charge is 2.13. The number of carbonyl (C=O) groups is 2. The Hall–Kier alpha value is -3.54. The molecule has 0 atom stereocenters. The molecule has 0 saturated heterocycles. The molecule has 2 aromatic carbocycles. The van der Waals surface area contributed by atoms with E-state index < -0.39 is 11.7 Å². The van der Waals surface area contributed by atoms with Crippen molar-refractivity contribution in [3.63, 3.8) is 0 Å². The number of amides is 2. The number of carbonyl (C=O) groups excluding carboxylic acids is 2. The predicted molar refractivity (Wildman–Crippen MR) is 93.0 cm³/mol. The molecule has 0 aliphatic carbocycles. The Bertz CT molecular complexity index is 913. The lowest BCUT2D eigenvalue weighted by molar-refractivity contribution is 0.102. The smallest absolute Gasteiger partial charge is 0.257 e. The van der Waals surface area contributed by atoms with Crippen molar-refractivity contribution in [1.82, 2.24) is 4.98 Å². The molecule has 1 heterocycles. The van der Waals surface area contributed by atoms with Gasteiger partial charge in [-0.2, -0.15) is 0 Å². The molecule has 0 bridgehead atoms. The van der Waals surface area contributed by atoms with Crippen molar-refractivity contribution in [2.45, 2.75) is 0 Å². The minimum Gasteiger partial charge on any atom is -0.322 e. The van der Waals surface area contributed by atoms with Gasteiger partial charge in [0.15, 0.2) is 0 Å². The van der Waals surface area contributed by atoms with Gasteiger partial charge in [0.2, 0.25) is 0 Å². The first-order chi connectivity index (χ1) is 12.1. The second-order valence-corrected chi connectivity index (χ2v) is 5.22. The van der Waals surface area contributed by atoms with Crippen LogP contribution in [0.4, 0.5) is 15.8 Å². The van der Waals surface area contributed by atoms with Gasteiger partial charge in [-0.25, -0.2) is 4.39 Å². The molecule has 0 unspecified atom stereocenters. The summed E-state index contributed by atoms with van der Waals surface area (Å²) in [5.74, 6) is -1.48. The zero-order valence-electron chi connectivity index (χ0n) is 13.1. The van der Waals surface area contributed by atoms with Gasteiger partial charge < -0.3 is 10.6 Å². The molecule has 3 rings (SSSR count). The number of nitrogens with zero attached hydrogens (tertiary/aromatic N) is 1. The largest absolute Gasteiger partial charge is 0.322 e. The summed E-state index contributed by atoms with van der Waals surface area (Å²) in [4.78, 5) is 28.4. The molecule has 3 aromatic rings. The molecule has 2 N–H and O–H groups in total. The Kier molecular flexibility index (Phi) is 4.80. The average Bonchev–Trinajstić information content (AvgIpc) is 2.64. The highest BCUT2D eigenvalue weighted by Crippen LogP contribution is 2.15. The zero-order valence-corrected chi connectivity index (χ0v) is 13.1. The van der Waals surface area contributed by atoms with Gasteiger partial charge in [0, 0.05) is 18.1 Å². The number of anilines is 2. The molecule has 0 spiro atoms. The Morgan fingerprint density at radius 1 is 0.800 bits per heavy atom. The van der Waals surface area contributed by atoms with Crippen LogP contribution in [0.15, 0.2) is 73.1 Å². The predicted octanol–water partition coefficient (Wildman–Crippen LogP) is 3.73. The maximum Gasteiger partial charge on any atom is 0.257 e. The topological polar surface area (TPSA) is 71.1 Å². The van der Waals surface area contributed by atoms with Crippen molar-refractivity contribution in [2.75, 3.05) is 10.6 Å². The Morgan fingerprint density at radius 2 is 1.40 bits per heavy atom. The number of halogens is 1. The molecule has 0 aliphatic rings. The molecule has 5 nitrogen and oxygen atoms in total. The normalized spacial score (nSPS) is 10.1. The van der Waals surface area contributed by atoms with Crippen LogP contribution in [0.3, 0.4) is 0 Å². The van der Waals surface area contributed by atoms with Crippen LogP contribution < -0.4 is 10.6 Å². The summed E-state index contributed by atoms with van der Waals surface area (Å²) in [6.45, 7) is 0. The molecular formula is C19H14FN3O2. The van der Waals surface area contributed by atoms with E-state index in [1.54, 1.807) is 30.3 Å². The third-order valence-electron chi connectivity index (χ3n) is 3.42. The Labute approximate surface area is 143 Å². The van der Waals surface area contributed by atoms with Gasteiger partial charge in [-0.15, -0.1) is 0 Å². The van der Waals surface area contributed by atoms with E-state index >= 15 is 0 Å². The van der Waals surface area contributed by atoms with Crippen molar-refractivity contribution in [2.24, 2.45) is 0 Å². The van der Waals surface area contributed by atoms with E-state index in [1.165, 1.54) is 36.7 Å². The highest BCUT2D eigenvalue weighted by atomic mass is 19.1. The van der Waals surface area contributed by atoms with Crippen LogP contribution in [0, 0.1) is 5.82 Å². The lowest BCUT2D eigenvalue weighted by Crippen LogP contribution is -2.16. The van der Waals surface area contributed by atoms with Crippen molar-refractivity contribution >= 4 is 23.2 Å². The lowest BCUT2D eigenvalue weighted by Gasteiger charge is -2.08. The van der Waals surface area contributed by atoms with E-state index in [0.717, 1.165) is 0 Å². The number of hydrogen-bond acceptors (Lipinski definition) is 3. The molecule has 0 aliphatic heterocycles. The number of nitrogens with one attached hydrogen (secondary N) is 2. The summed E-state index contributed by atoms with van der Waals surface area (Å²) < 4.78 is 13.6. The van der Waals surface area contributed by atoms with E-state index in [2.05, 4.69) is 15.6 Å². The molecule has 2 amide bonds. The summed E-state index contributed by atoms with van der Waals surface area (Å²) in [5, 5.41) is 5.17. The fraction of sp³-hybridized carbons (Fsp3) is 0. The summed E-state index contributed by atoms with van der Waals surface area (Å²) in [6.07, 6.45) is 2.67. The maximum absolute atomic E-state index is 13.6. The first-order valence-electron chi connectivity index (χ1n) is 7.51. The number of aromatic nitrogens is 1. The third kappa shape index (κ3) is 4.06. The van der Waals surface area contributed by atoms with Gasteiger partial charge in [0.25, 0.3) is 11.8 Å². The molecule has 124 valence electrons. The minimum atomic E-state index is -0.549. The van der Waals surface area contributed by atoms with Crippen molar-refractivity contribution < 1.29 is 14.0 Å². The SMILES string of the molecule is O=C(Nc1ccccc1)c1cncc(C(=O)Nc2ccccc2F)c1. The monoisotopic (exact) mass is 335 g/mol. The van der Waals surface area contributed by atoms with Gasteiger partial charge in [-0.3, -0.25) is 14.6 Å². The van der Waals surface area contributed by atoms with Crippen LogP contribution in [0.5, 0.6) is 0 Å². The van der Waals surface area contributed by atoms with Gasteiger partial charge in [0.05, 0.1) is 16.8 Å². The van der Waals surface area contributed by atoms with Gasteiger partial charge in [-0.1, -0.05) is 30.3 Å². The van der Waals surface area contributed by atoms with Gasteiger partial charge in [-0.05, 0) is 30.3 Å². The van der Waals surface area contributed by atoms with Crippen molar-refractivity contribution in [3.05, 3.63) is 90.0 Å². The van der Waals surface area contributed by atoms with Crippen molar-refractivity contribution in [1.29, 1.82) is 0 Å². The second kappa shape index (κ2) is 7.35. The van der Waals surface area contributed by atoms with Crippen LogP contribution in [-0.4, -0.2) is 16.8 Å². The molecular weight excluding hydrogens is 321 g/mol. The number of pyridine rings is 1. The molecule has 0 saturated carbocycles. The number of rotatable bonds is 4. The standard InChI is InChI=1S/C19H14FN3O2/c20-16-8-4-5-9-17(16)23-19(25)14-10-13(11-21-12-14)18(24)22-15-6-2-1-3-7-15/h1-12H,(H,22,24)(H,23,25). The van der Waals surface area contributed by atoms with E-state index in [4.69, 9.17) is 0 Å². The van der Waals surface area contributed by atoms with Crippen LogP contribution in [-0.2, 0) is 0 Å². The summed E-state index contributed by atoms with van der Waals surface area (Å²) >= 11 is 0. The van der Waals surface area contributed by atoms with Crippen LogP contribution >= 0.6 is 0 Å². The fourth-order valence-corrected chi connectivity index (χ4v) is 2.17. The summed E-state index contributed by atoms with van der Waals surface area (Å²) in [7, 11) is 0. The molecule has 6 heteroatoms. The van der Waals surface area contributed by atoms with Crippen molar-refractivity contribution in [3.8, 4) is 0 Å². The van der Waals surface area contributed by atoms with Crippen LogP contribution in [0.1, 0.15) is 20.7 Å². The highest BCUT2D eigenvalue weighted by molar-refractivity contribution is 6.08. The van der Waals surface area contributed by atoms with Crippen LogP contribution in [0.25, 0.3) is 0 Å². The maximum atomic E-state index is 13.6. The minimum absolute atomic E-state index is 0.0617. The fourth-order valence-electron chi connectivity index (χ4n) is 2.17. The molecule has 0 fully saturated rings. The van der Waals surface area contributed by atoms with Crippen LogP contribution in [0.2, 0.25) is 0 Å². The number of hydrogen-bond donors (Lipinski definition) is 2. The third-order valence-corrected chi connectivity index (χ3v) is 3.42. The zero-order chi connectivity index (χ0) is 17.6. The van der Waals surface area contributed by atoms with Gasteiger partial charge in [0.1, 0.15) is 5.82 Å². The lowest BCUT2D eigenvalue weighted by atomic mass is 10.1.